The van der Waals surface area contributed by atoms with Crippen molar-refractivity contribution in [2.75, 3.05) is 6.54 Å². The molecule has 0 fully saturated rings. The fourth-order valence-corrected chi connectivity index (χ4v) is 2.08. The molecule has 0 aliphatic rings. The lowest BCUT2D eigenvalue weighted by atomic mass is 10.2. The van der Waals surface area contributed by atoms with Crippen LogP contribution in [-0.4, -0.2) is 37.2 Å². The minimum Gasteiger partial charge on any atom is -0.479 e. The molecule has 0 radical (unpaired) electrons. The van der Waals surface area contributed by atoms with Crippen molar-refractivity contribution in [3.05, 3.63) is 41.3 Å². The van der Waals surface area contributed by atoms with Crippen molar-refractivity contribution in [1.82, 2.24) is 4.72 Å². The smallest absolute Gasteiger partial charge is 0.332 e. The molecule has 1 aromatic carbocycles. The van der Waals surface area contributed by atoms with E-state index in [9.17, 15) is 13.2 Å². The van der Waals surface area contributed by atoms with Gasteiger partial charge in [0.05, 0.1) is 0 Å². The first-order valence-corrected chi connectivity index (χ1v) is 7.09. The lowest BCUT2D eigenvalue weighted by molar-refractivity contribution is -0.146. The molecule has 19 heavy (non-hydrogen) atoms. The van der Waals surface area contributed by atoms with Gasteiger partial charge < -0.3 is 10.2 Å². The maximum absolute atomic E-state index is 11.5. The van der Waals surface area contributed by atoms with Gasteiger partial charge in [-0.3, -0.25) is 0 Å². The lowest BCUT2D eigenvalue weighted by Gasteiger charge is -2.05. The van der Waals surface area contributed by atoms with Crippen LogP contribution >= 0.6 is 0 Å². The van der Waals surface area contributed by atoms with Gasteiger partial charge in [0.15, 0.2) is 6.10 Å². The summed E-state index contributed by atoms with van der Waals surface area (Å²) in [5.74, 6) is -1.38. The zero-order valence-electron chi connectivity index (χ0n) is 10.1. The molecule has 1 rings (SSSR count). The summed E-state index contributed by atoms with van der Waals surface area (Å²) in [6.45, 7) is -0.144. The summed E-state index contributed by atoms with van der Waals surface area (Å²) < 4.78 is 25.2. The van der Waals surface area contributed by atoms with Crippen molar-refractivity contribution in [2.45, 2.75) is 12.5 Å². The molecule has 0 aromatic heterocycles. The Morgan fingerprint density at radius 3 is 2.53 bits per heavy atom. The van der Waals surface area contributed by atoms with Crippen LogP contribution in [0.25, 0.3) is 6.08 Å². The van der Waals surface area contributed by atoms with Crippen LogP contribution in [0.3, 0.4) is 0 Å². The van der Waals surface area contributed by atoms with E-state index < -0.39 is 22.1 Å². The largest absolute Gasteiger partial charge is 0.479 e. The zero-order chi connectivity index (χ0) is 14.3. The quantitative estimate of drug-likeness (QED) is 0.673. The molecule has 0 saturated heterocycles. The van der Waals surface area contributed by atoms with Gasteiger partial charge in [0, 0.05) is 12.0 Å². The molecule has 0 saturated carbocycles. The number of aliphatic carboxylic acids is 1. The molecule has 3 N–H and O–H groups in total. The van der Waals surface area contributed by atoms with E-state index in [4.69, 9.17) is 10.2 Å². The summed E-state index contributed by atoms with van der Waals surface area (Å²) >= 11 is 0. The van der Waals surface area contributed by atoms with E-state index in [-0.39, 0.29) is 13.0 Å². The SMILES string of the molecule is O=C(O)[C@@H](O)CCNS(=O)(=O)/C=C/c1ccccc1. The maximum Gasteiger partial charge on any atom is 0.332 e. The van der Waals surface area contributed by atoms with Crippen molar-refractivity contribution in [3.8, 4) is 0 Å². The Kier molecular flexibility index (Phi) is 5.68. The number of sulfonamides is 1. The van der Waals surface area contributed by atoms with E-state index in [1.807, 2.05) is 6.07 Å². The molecule has 0 bridgehead atoms. The van der Waals surface area contributed by atoms with Crippen molar-refractivity contribution in [3.63, 3.8) is 0 Å². The Morgan fingerprint density at radius 1 is 1.32 bits per heavy atom. The van der Waals surface area contributed by atoms with Gasteiger partial charge in [-0.25, -0.2) is 17.9 Å². The Labute approximate surface area is 111 Å². The molecule has 0 aliphatic heterocycles. The number of aliphatic hydroxyl groups is 1. The number of hydrogen-bond donors (Lipinski definition) is 3. The second kappa shape index (κ2) is 7.03. The van der Waals surface area contributed by atoms with Crippen molar-refractivity contribution in [1.29, 1.82) is 0 Å². The van der Waals surface area contributed by atoms with E-state index in [1.54, 1.807) is 24.3 Å². The van der Waals surface area contributed by atoms with Gasteiger partial charge in [-0.1, -0.05) is 30.3 Å². The number of carboxylic acid groups (broad SMARTS) is 1. The second-order valence-corrected chi connectivity index (χ2v) is 5.45. The first-order chi connectivity index (χ1) is 8.91. The number of benzene rings is 1. The van der Waals surface area contributed by atoms with Gasteiger partial charge in [-0.15, -0.1) is 0 Å². The number of rotatable bonds is 7. The van der Waals surface area contributed by atoms with Crippen LogP contribution in [0, 0.1) is 0 Å². The summed E-state index contributed by atoms with van der Waals surface area (Å²) in [7, 11) is -3.64. The van der Waals surface area contributed by atoms with Crippen molar-refractivity contribution < 1.29 is 23.4 Å². The number of aliphatic hydroxyl groups excluding tert-OH is 1. The molecule has 1 atom stereocenters. The number of hydrogen-bond acceptors (Lipinski definition) is 4. The van der Waals surface area contributed by atoms with Gasteiger partial charge in [0.25, 0.3) is 0 Å². The van der Waals surface area contributed by atoms with E-state index in [2.05, 4.69) is 4.72 Å². The van der Waals surface area contributed by atoms with Gasteiger partial charge in [-0.2, -0.15) is 0 Å². The fourth-order valence-electron chi connectivity index (χ4n) is 1.24. The average Bonchev–Trinajstić information content (AvgIpc) is 2.37. The van der Waals surface area contributed by atoms with Gasteiger partial charge >= 0.3 is 5.97 Å². The Balaban J connectivity index is 2.49. The highest BCUT2D eigenvalue weighted by Gasteiger charge is 2.13. The molecule has 7 heteroatoms. The monoisotopic (exact) mass is 285 g/mol. The lowest BCUT2D eigenvalue weighted by Crippen LogP contribution is -2.28. The van der Waals surface area contributed by atoms with Crippen LogP contribution < -0.4 is 4.72 Å². The van der Waals surface area contributed by atoms with Gasteiger partial charge in [0.2, 0.25) is 10.0 Å². The highest BCUT2D eigenvalue weighted by molar-refractivity contribution is 7.92. The Morgan fingerprint density at radius 2 is 1.95 bits per heavy atom. The maximum atomic E-state index is 11.5. The normalized spacial score (nSPS) is 13.5. The van der Waals surface area contributed by atoms with Crippen molar-refractivity contribution in [2.24, 2.45) is 0 Å². The topological polar surface area (TPSA) is 104 Å². The summed E-state index contributed by atoms with van der Waals surface area (Å²) in [5.41, 5.74) is 0.735. The average molecular weight is 285 g/mol. The third-order valence-electron chi connectivity index (χ3n) is 2.25. The molecule has 0 heterocycles. The van der Waals surface area contributed by atoms with E-state index in [0.29, 0.717) is 0 Å². The summed E-state index contributed by atoms with van der Waals surface area (Å²) in [6.07, 6.45) is -0.329. The van der Waals surface area contributed by atoms with Crippen LogP contribution in [0.2, 0.25) is 0 Å². The predicted octanol–water partition coefficient (Wildman–Crippen LogP) is 0.412. The fraction of sp³-hybridized carbons (Fsp3) is 0.250. The molecule has 104 valence electrons. The second-order valence-electron chi connectivity index (χ2n) is 3.80. The molecule has 0 amide bonds. The zero-order valence-corrected chi connectivity index (χ0v) is 10.9. The standard InChI is InChI=1S/C12H15NO5S/c14-11(12(15)16)6-8-13-19(17,18)9-7-10-4-2-1-3-5-10/h1-5,7,9,11,13-14H,6,8H2,(H,15,16)/b9-7+/t11-/m0/s1. The molecule has 6 nitrogen and oxygen atoms in total. The van der Waals surface area contributed by atoms with E-state index in [0.717, 1.165) is 11.0 Å². The molecule has 0 unspecified atom stereocenters. The highest BCUT2D eigenvalue weighted by atomic mass is 32.2. The van der Waals surface area contributed by atoms with Crippen molar-refractivity contribution >= 4 is 22.1 Å². The van der Waals surface area contributed by atoms with Crippen LogP contribution in [0.4, 0.5) is 0 Å². The predicted molar refractivity (Wildman–Crippen MR) is 70.7 cm³/mol. The Hall–Kier alpha value is -1.70. The van der Waals surface area contributed by atoms with Crippen LogP contribution in [0.1, 0.15) is 12.0 Å². The molecular formula is C12H15NO5S. The van der Waals surface area contributed by atoms with E-state index >= 15 is 0 Å². The first-order valence-electron chi connectivity index (χ1n) is 5.54. The summed E-state index contributed by atoms with van der Waals surface area (Å²) in [4.78, 5) is 10.3. The summed E-state index contributed by atoms with van der Waals surface area (Å²) in [6, 6.07) is 8.88. The summed E-state index contributed by atoms with van der Waals surface area (Å²) in [5, 5.41) is 18.4. The number of carbonyl (C=O) groups is 1. The highest BCUT2D eigenvalue weighted by Crippen LogP contribution is 2.02. The van der Waals surface area contributed by atoms with Crippen LogP contribution in [0.5, 0.6) is 0 Å². The third kappa shape index (κ3) is 6.14. The first kappa shape index (κ1) is 15.4. The minimum atomic E-state index is -3.64. The number of nitrogens with one attached hydrogen (secondary N) is 1. The van der Waals surface area contributed by atoms with Gasteiger partial charge in [0.1, 0.15) is 0 Å². The minimum absolute atomic E-state index is 0.144. The van der Waals surface area contributed by atoms with E-state index in [1.165, 1.54) is 6.08 Å². The third-order valence-corrected chi connectivity index (χ3v) is 3.35. The number of carboxylic acids is 1. The van der Waals surface area contributed by atoms with Crippen LogP contribution in [0.15, 0.2) is 35.7 Å². The van der Waals surface area contributed by atoms with Crippen LogP contribution in [-0.2, 0) is 14.8 Å². The Bertz CT molecular complexity index is 538. The molecule has 0 aliphatic carbocycles. The molecule has 0 spiro atoms. The molecule has 1 aromatic rings. The molecular weight excluding hydrogens is 270 g/mol. The van der Waals surface area contributed by atoms with Gasteiger partial charge in [-0.05, 0) is 18.1 Å².